The highest BCUT2D eigenvalue weighted by atomic mass is 32.2. The molecule has 10 heteroatoms. The van der Waals surface area contributed by atoms with Gasteiger partial charge in [0.2, 0.25) is 5.91 Å². The Labute approximate surface area is 186 Å². The molecule has 1 amide bonds. The fraction of sp³-hybridized carbons (Fsp3) is 0.429. The first kappa shape index (κ1) is 21.8. The van der Waals surface area contributed by atoms with Gasteiger partial charge in [0.25, 0.3) is 0 Å². The number of hydrogen-bond acceptors (Lipinski definition) is 7. The van der Waals surface area contributed by atoms with Crippen molar-refractivity contribution in [3.8, 4) is 5.69 Å². The number of benzene rings is 1. The number of thioether (sulfide) groups is 1. The molecule has 1 aliphatic rings. The molecule has 2 aromatic heterocycles. The van der Waals surface area contributed by atoms with Crippen molar-refractivity contribution in [2.24, 2.45) is 0 Å². The van der Waals surface area contributed by atoms with E-state index in [0.717, 1.165) is 17.5 Å². The molecule has 8 nitrogen and oxygen atoms in total. The van der Waals surface area contributed by atoms with Gasteiger partial charge in [-0.05, 0) is 31.9 Å². The van der Waals surface area contributed by atoms with Crippen molar-refractivity contribution in [1.82, 2.24) is 24.6 Å². The Morgan fingerprint density at radius 2 is 2.06 bits per heavy atom. The van der Waals surface area contributed by atoms with E-state index in [1.54, 1.807) is 15.8 Å². The van der Waals surface area contributed by atoms with Gasteiger partial charge in [-0.25, -0.2) is 23.1 Å². The lowest BCUT2D eigenvalue weighted by molar-refractivity contribution is -0.132. The van der Waals surface area contributed by atoms with Crippen LogP contribution in [-0.4, -0.2) is 68.3 Å². The second-order valence-corrected chi connectivity index (χ2v) is 10.9. The first-order valence-electron chi connectivity index (χ1n) is 10.3. The maximum Gasteiger partial charge on any atom is 0.233 e. The fourth-order valence-electron chi connectivity index (χ4n) is 3.90. The number of carbonyl (C=O) groups is 1. The zero-order valence-electron chi connectivity index (χ0n) is 17.5. The quantitative estimate of drug-likeness (QED) is 0.396. The molecule has 0 unspecified atom stereocenters. The van der Waals surface area contributed by atoms with Gasteiger partial charge in [-0.15, -0.1) is 0 Å². The molecular formula is C21H25N5O3S2. The van der Waals surface area contributed by atoms with Gasteiger partial charge in [0.1, 0.15) is 11.4 Å². The van der Waals surface area contributed by atoms with Gasteiger partial charge in [0.15, 0.2) is 15.5 Å². The van der Waals surface area contributed by atoms with Crippen LogP contribution < -0.4 is 0 Å². The molecule has 1 aromatic carbocycles. The number of nitrogens with zero attached hydrogens (tertiary/aromatic N) is 5. The van der Waals surface area contributed by atoms with Crippen molar-refractivity contribution in [3.05, 3.63) is 42.9 Å². The van der Waals surface area contributed by atoms with E-state index < -0.39 is 9.84 Å². The van der Waals surface area contributed by atoms with Crippen LogP contribution in [0, 0.1) is 0 Å². The zero-order valence-corrected chi connectivity index (χ0v) is 19.1. The number of sulfone groups is 1. The van der Waals surface area contributed by atoms with Crippen molar-refractivity contribution in [2.45, 2.75) is 43.8 Å². The highest BCUT2D eigenvalue weighted by Crippen LogP contribution is 2.28. The third kappa shape index (κ3) is 4.59. The standard InChI is InChI=1S/C21H25N5O3S2/c1-3-15(2)25(17-9-10-31(28,29)13-17)19(27)12-30-21-18-11-24-26(20(18)22-14-23-21)16-7-5-4-6-8-16/h4-8,11,14-15,17H,3,9-10,12-13H2,1-2H3/t15-,17-/m1/s1. The van der Waals surface area contributed by atoms with Crippen molar-refractivity contribution < 1.29 is 13.2 Å². The molecule has 0 bridgehead atoms. The molecule has 0 N–H and O–H groups in total. The van der Waals surface area contributed by atoms with E-state index in [1.165, 1.54) is 18.1 Å². The Morgan fingerprint density at radius 3 is 2.74 bits per heavy atom. The summed E-state index contributed by atoms with van der Waals surface area (Å²) in [5, 5.41) is 5.91. The van der Waals surface area contributed by atoms with Crippen LogP contribution in [0.25, 0.3) is 16.7 Å². The summed E-state index contributed by atoms with van der Waals surface area (Å²) >= 11 is 1.34. The highest BCUT2D eigenvalue weighted by Gasteiger charge is 2.36. The van der Waals surface area contributed by atoms with Gasteiger partial charge in [0.05, 0.1) is 34.5 Å². The van der Waals surface area contributed by atoms with Crippen LogP contribution in [0.2, 0.25) is 0 Å². The molecule has 31 heavy (non-hydrogen) atoms. The lowest BCUT2D eigenvalue weighted by atomic mass is 10.1. The van der Waals surface area contributed by atoms with E-state index in [0.29, 0.717) is 17.1 Å². The minimum atomic E-state index is -3.07. The minimum Gasteiger partial charge on any atom is -0.335 e. The Hall–Kier alpha value is -2.46. The predicted molar refractivity (Wildman–Crippen MR) is 121 cm³/mol. The number of para-hydroxylation sites is 1. The number of fused-ring (bicyclic) bond motifs is 1. The summed E-state index contributed by atoms with van der Waals surface area (Å²) in [6.45, 7) is 3.98. The van der Waals surface area contributed by atoms with E-state index in [4.69, 9.17) is 0 Å². The number of hydrogen-bond donors (Lipinski definition) is 0. The van der Waals surface area contributed by atoms with Crippen molar-refractivity contribution in [2.75, 3.05) is 17.3 Å². The normalized spacial score (nSPS) is 18.8. The molecule has 2 atom stereocenters. The van der Waals surface area contributed by atoms with Crippen LogP contribution in [0.1, 0.15) is 26.7 Å². The monoisotopic (exact) mass is 459 g/mol. The Bertz CT molecular complexity index is 1180. The maximum absolute atomic E-state index is 13.1. The molecule has 1 aliphatic heterocycles. The number of rotatable bonds is 7. The summed E-state index contributed by atoms with van der Waals surface area (Å²) in [6.07, 6.45) is 4.47. The first-order chi connectivity index (χ1) is 14.9. The van der Waals surface area contributed by atoms with Gasteiger partial charge < -0.3 is 4.90 Å². The number of amides is 1. The third-order valence-electron chi connectivity index (χ3n) is 5.62. The van der Waals surface area contributed by atoms with Crippen LogP contribution in [0.5, 0.6) is 0 Å². The summed E-state index contributed by atoms with van der Waals surface area (Å²) in [5.41, 5.74) is 1.57. The lowest BCUT2D eigenvalue weighted by Gasteiger charge is -2.33. The average molecular weight is 460 g/mol. The zero-order chi connectivity index (χ0) is 22.0. The van der Waals surface area contributed by atoms with Gasteiger partial charge in [-0.1, -0.05) is 36.9 Å². The summed E-state index contributed by atoms with van der Waals surface area (Å²) < 4.78 is 25.7. The Kier molecular flexibility index (Phi) is 6.29. The van der Waals surface area contributed by atoms with Gasteiger partial charge in [-0.3, -0.25) is 4.79 Å². The molecule has 0 saturated carbocycles. The molecule has 1 saturated heterocycles. The molecule has 4 rings (SSSR count). The molecule has 0 spiro atoms. The molecular weight excluding hydrogens is 434 g/mol. The third-order valence-corrected chi connectivity index (χ3v) is 8.36. The summed E-state index contributed by atoms with van der Waals surface area (Å²) in [7, 11) is -3.07. The number of aromatic nitrogens is 4. The van der Waals surface area contributed by atoms with Crippen molar-refractivity contribution in [3.63, 3.8) is 0 Å². The van der Waals surface area contributed by atoms with E-state index in [-0.39, 0.29) is 35.2 Å². The smallest absolute Gasteiger partial charge is 0.233 e. The van der Waals surface area contributed by atoms with Crippen molar-refractivity contribution >= 4 is 38.5 Å². The second kappa shape index (κ2) is 8.96. The molecule has 3 aromatic rings. The van der Waals surface area contributed by atoms with Gasteiger partial charge >= 0.3 is 0 Å². The second-order valence-electron chi connectivity index (χ2n) is 7.71. The highest BCUT2D eigenvalue weighted by molar-refractivity contribution is 8.00. The Balaban J connectivity index is 1.54. The van der Waals surface area contributed by atoms with Crippen LogP contribution in [-0.2, 0) is 14.6 Å². The van der Waals surface area contributed by atoms with Gasteiger partial charge in [-0.2, -0.15) is 5.10 Å². The molecule has 1 fully saturated rings. The maximum atomic E-state index is 13.1. The minimum absolute atomic E-state index is 0.0161. The molecule has 0 aliphatic carbocycles. The van der Waals surface area contributed by atoms with Crippen LogP contribution in [0.4, 0.5) is 0 Å². The van der Waals surface area contributed by atoms with Crippen LogP contribution in [0.3, 0.4) is 0 Å². The number of carbonyl (C=O) groups excluding carboxylic acids is 1. The largest absolute Gasteiger partial charge is 0.335 e. The Morgan fingerprint density at radius 1 is 1.29 bits per heavy atom. The van der Waals surface area contributed by atoms with E-state index in [2.05, 4.69) is 15.1 Å². The van der Waals surface area contributed by atoms with E-state index in [1.807, 2.05) is 44.2 Å². The van der Waals surface area contributed by atoms with E-state index >= 15 is 0 Å². The topological polar surface area (TPSA) is 98.1 Å². The predicted octanol–water partition coefficient (Wildman–Crippen LogP) is 2.72. The van der Waals surface area contributed by atoms with Gasteiger partial charge in [0, 0.05) is 12.1 Å². The molecule has 0 radical (unpaired) electrons. The molecule has 3 heterocycles. The fourth-order valence-corrected chi connectivity index (χ4v) is 6.44. The summed E-state index contributed by atoms with van der Waals surface area (Å²) in [4.78, 5) is 23.6. The van der Waals surface area contributed by atoms with Crippen LogP contribution in [0.15, 0.2) is 47.9 Å². The average Bonchev–Trinajstić information content (AvgIpc) is 3.36. The lowest BCUT2D eigenvalue weighted by Crippen LogP contribution is -2.47. The molecule has 164 valence electrons. The van der Waals surface area contributed by atoms with Crippen LogP contribution >= 0.6 is 11.8 Å². The summed E-state index contributed by atoms with van der Waals surface area (Å²) in [6, 6.07) is 9.44. The van der Waals surface area contributed by atoms with Crippen molar-refractivity contribution in [1.29, 1.82) is 0 Å². The first-order valence-corrected chi connectivity index (χ1v) is 13.1. The van der Waals surface area contributed by atoms with E-state index in [9.17, 15) is 13.2 Å². The SMILES string of the molecule is CC[C@@H](C)N(C(=O)CSc1ncnc2c1cnn2-c1ccccc1)[C@@H]1CCS(=O)(=O)C1. The summed E-state index contributed by atoms with van der Waals surface area (Å²) in [5.74, 6) is 0.318.